The number of aryl methyl sites for hydroxylation is 1. The lowest BCUT2D eigenvalue weighted by Crippen LogP contribution is -2.34. The number of rotatable bonds is 5. The molecule has 0 saturated heterocycles. The zero-order valence-corrected chi connectivity index (χ0v) is 15.9. The lowest BCUT2D eigenvalue weighted by Gasteiger charge is -2.30. The Kier molecular flexibility index (Phi) is 5.75. The van der Waals surface area contributed by atoms with Gasteiger partial charge in [-0.3, -0.25) is 9.59 Å². The van der Waals surface area contributed by atoms with Crippen molar-refractivity contribution in [2.45, 2.75) is 26.2 Å². The fourth-order valence-electron chi connectivity index (χ4n) is 3.69. The van der Waals surface area contributed by atoms with Crippen LogP contribution in [0.2, 0.25) is 0 Å². The minimum Gasteiger partial charge on any atom is -0.496 e. The van der Waals surface area contributed by atoms with Crippen LogP contribution in [0, 0.1) is 12.8 Å². The van der Waals surface area contributed by atoms with Gasteiger partial charge in [-0.2, -0.15) is 0 Å². The van der Waals surface area contributed by atoms with Gasteiger partial charge in [0.15, 0.2) is 5.78 Å². The fraction of sp³-hybridized carbons (Fsp3) is 0.304. The van der Waals surface area contributed by atoms with Crippen LogP contribution < -0.4 is 4.74 Å². The number of hydrogen-bond donors (Lipinski definition) is 0. The van der Waals surface area contributed by atoms with Crippen LogP contribution >= 0.6 is 0 Å². The van der Waals surface area contributed by atoms with Crippen molar-refractivity contribution >= 4 is 17.3 Å². The van der Waals surface area contributed by atoms with Crippen LogP contribution in [0.15, 0.2) is 54.6 Å². The second kappa shape index (κ2) is 8.21. The van der Waals surface area contributed by atoms with Crippen molar-refractivity contribution in [3.8, 4) is 5.75 Å². The van der Waals surface area contributed by atoms with Gasteiger partial charge in [0, 0.05) is 11.5 Å². The largest absolute Gasteiger partial charge is 0.496 e. The topological polar surface area (TPSA) is 52.6 Å². The summed E-state index contributed by atoms with van der Waals surface area (Å²) in [5.41, 5.74) is 3.83. The summed E-state index contributed by atoms with van der Waals surface area (Å²) < 4.78 is 10.7. The molecule has 0 fully saturated rings. The minimum absolute atomic E-state index is 0.216. The molecule has 0 spiro atoms. The van der Waals surface area contributed by atoms with E-state index in [1.807, 2.05) is 55.5 Å². The number of carbonyl (C=O) groups is 2. The number of allylic oxidation sites excluding steroid dienone is 2. The van der Waals surface area contributed by atoms with Gasteiger partial charge in [-0.15, -0.1) is 0 Å². The lowest BCUT2D eigenvalue weighted by atomic mass is 9.73. The van der Waals surface area contributed by atoms with Gasteiger partial charge < -0.3 is 9.47 Å². The molecule has 2 aromatic carbocycles. The van der Waals surface area contributed by atoms with E-state index in [0.29, 0.717) is 12.2 Å². The van der Waals surface area contributed by atoms with Gasteiger partial charge in [0.1, 0.15) is 11.7 Å². The van der Waals surface area contributed by atoms with E-state index in [0.717, 1.165) is 22.3 Å². The van der Waals surface area contributed by atoms with Crippen molar-refractivity contribution in [1.29, 1.82) is 0 Å². The highest BCUT2D eigenvalue weighted by Gasteiger charge is 2.40. The Labute approximate surface area is 159 Å². The van der Waals surface area contributed by atoms with E-state index in [1.165, 1.54) is 0 Å². The van der Waals surface area contributed by atoms with Gasteiger partial charge in [-0.1, -0.05) is 48.0 Å². The van der Waals surface area contributed by atoms with E-state index in [2.05, 4.69) is 0 Å². The Morgan fingerprint density at radius 1 is 1.15 bits per heavy atom. The van der Waals surface area contributed by atoms with Crippen LogP contribution in [0.5, 0.6) is 5.75 Å². The van der Waals surface area contributed by atoms with E-state index in [1.54, 1.807) is 20.1 Å². The maximum atomic E-state index is 12.9. The van der Waals surface area contributed by atoms with Crippen LogP contribution in [-0.4, -0.2) is 25.5 Å². The van der Waals surface area contributed by atoms with Gasteiger partial charge in [-0.25, -0.2) is 0 Å². The molecule has 0 amide bonds. The molecule has 0 N–H and O–H groups in total. The number of carbonyl (C=O) groups excluding carboxylic acids is 2. The SMILES string of the molecule is CCOC(=O)[C@@H]1C(=O)C=C(c2ccccc2OC)C[C@H]1c1cccc(C)c1. The van der Waals surface area contributed by atoms with Crippen molar-refractivity contribution in [1.82, 2.24) is 0 Å². The number of ether oxygens (including phenoxy) is 2. The summed E-state index contributed by atoms with van der Waals surface area (Å²) in [6, 6.07) is 15.6. The van der Waals surface area contributed by atoms with E-state index in [9.17, 15) is 9.59 Å². The number of methoxy groups -OCH3 is 1. The third kappa shape index (κ3) is 3.95. The Morgan fingerprint density at radius 2 is 1.93 bits per heavy atom. The van der Waals surface area contributed by atoms with Crippen LogP contribution in [0.1, 0.15) is 36.0 Å². The fourth-order valence-corrected chi connectivity index (χ4v) is 3.69. The summed E-state index contributed by atoms with van der Waals surface area (Å²) in [7, 11) is 1.61. The van der Waals surface area contributed by atoms with Crippen LogP contribution in [0.25, 0.3) is 5.57 Å². The maximum absolute atomic E-state index is 12.9. The molecular formula is C23H24O4. The molecule has 140 valence electrons. The Balaban J connectivity index is 2.07. The molecular weight excluding hydrogens is 340 g/mol. The molecule has 3 rings (SSSR count). The molecule has 27 heavy (non-hydrogen) atoms. The van der Waals surface area contributed by atoms with Crippen molar-refractivity contribution in [2.75, 3.05) is 13.7 Å². The molecule has 0 radical (unpaired) electrons. The molecule has 1 aliphatic rings. The third-order valence-electron chi connectivity index (χ3n) is 4.93. The highest BCUT2D eigenvalue weighted by atomic mass is 16.5. The first kappa shape index (κ1) is 18.9. The molecule has 4 heteroatoms. The predicted octanol–water partition coefficient (Wildman–Crippen LogP) is 4.32. The normalized spacial score (nSPS) is 19.4. The second-order valence-corrected chi connectivity index (χ2v) is 6.73. The number of para-hydroxylation sites is 1. The summed E-state index contributed by atoms with van der Waals surface area (Å²) in [5, 5.41) is 0. The van der Waals surface area contributed by atoms with Crippen molar-refractivity contribution in [3.63, 3.8) is 0 Å². The van der Waals surface area contributed by atoms with Crippen molar-refractivity contribution in [2.24, 2.45) is 5.92 Å². The summed E-state index contributed by atoms with van der Waals surface area (Å²) in [5.74, 6) is -1.03. The molecule has 1 aliphatic carbocycles. The first-order chi connectivity index (χ1) is 13.0. The first-order valence-corrected chi connectivity index (χ1v) is 9.16. The highest BCUT2D eigenvalue weighted by Crippen LogP contribution is 2.42. The van der Waals surface area contributed by atoms with E-state index >= 15 is 0 Å². The minimum atomic E-state index is -0.815. The molecule has 0 aliphatic heterocycles. The van der Waals surface area contributed by atoms with Crippen LogP contribution in [0.4, 0.5) is 0 Å². The zero-order valence-electron chi connectivity index (χ0n) is 15.9. The van der Waals surface area contributed by atoms with Crippen LogP contribution in [-0.2, 0) is 14.3 Å². The zero-order chi connectivity index (χ0) is 19.4. The molecule has 4 nitrogen and oxygen atoms in total. The van der Waals surface area contributed by atoms with Gasteiger partial charge >= 0.3 is 5.97 Å². The third-order valence-corrected chi connectivity index (χ3v) is 4.93. The summed E-state index contributed by atoms with van der Waals surface area (Å²) in [6.07, 6.45) is 2.14. The number of hydrogen-bond acceptors (Lipinski definition) is 4. The van der Waals surface area contributed by atoms with Crippen molar-refractivity contribution in [3.05, 3.63) is 71.3 Å². The van der Waals surface area contributed by atoms with E-state index in [-0.39, 0.29) is 18.3 Å². The highest BCUT2D eigenvalue weighted by molar-refractivity contribution is 6.11. The predicted molar refractivity (Wildman–Crippen MR) is 105 cm³/mol. The Morgan fingerprint density at radius 3 is 2.63 bits per heavy atom. The van der Waals surface area contributed by atoms with Gasteiger partial charge in [0.05, 0.1) is 13.7 Å². The quantitative estimate of drug-likeness (QED) is 0.586. The van der Waals surface area contributed by atoms with Gasteiger partial charge in [-0.05, 0) is 43.5 Å². The monoisotopic (exact) mass is 364 g/mol. The number of benzene rings is 2. The molecule has 0 unspecified atom stereocenters. The average molecular weight is 364 g/mol. The lowest BCUT2D eigenvalue weighted by molar-refractivity contribution is -0.151. The molecule has 2 aromatic rings. The molecule has 0 saturated carbocycles. The number of esters is 1. The Hall–Kier alpha value is -2.88. The Bertz CT molecular complexity index is 881. The van der Waals surface area contributed by atoms with Gasteiger partial charge in [0.25, 0.3) is 0 Å². The smallest absolute Gasteiger partial charge is 0.317 e. The average Bonchev–Trinajstić information content (AvgIpc) is 2.67. The number of ketones is 1. The second-order valence-electron chi connectivity index (χ2n) is 6.73. The molecule has 0 aromatic heterocycles. The maximum Gasteiger partial charge on any atom is 0.317 e. The standard InChI is InChI=1S/C23H24O4/c1-4-27-23(25)22-19(16-9-7-8-15(2)12-16)13-17(14-20(22)24)18-10-5-6-11-21(18)26-3/h5-12,14,19,22H,4,13H2,1-3H3/t19-,22-/m0/s1. The van der Waals surface area contributed by atoms with E-state index < -0.39 is 11.9 Å². The summed E-state index contributed by atoms with van der Waals surface area (Å²) >= 11 is 0. The molecule has 0 heterocycles. The molecule has 2 atom stereocenters. The molecule has 0 bridgehead atoms. The first-order valence-electron chi connectivity index (χ1n) is 9.16. The van der Waals surface area contributed by atoms with E-state index in [4.69, 9.17) is 9.47 Å². The van der Waals surface area contributed by atoms with Crippen LogP contribution in [0.3, 0.4) is 0 Å². The van der Waals surface area contributed by atoms with Crippen molar-refractivity contribution < 1.29 is 19.1 Å². The summed E-state index contributed by atoms with van der Waals surface area (Å²) in [4.78, 5) is 25.5. The van der Waals surface area contributed by atoms with Gasteiger partial charge in [0.2, 0.25) is 0 Å². The summed E-state index contributed by atoms with van der Waals surface area (Å²) in [6.45, 7) is 4.01.